The van der Waals surface area contributed by atoms with E-state index in [2.05, 4.69) is 31.1 Å². The summed E-state index contributed by atoms with van der Waals surface area (Å²) in [7, 11) is 0. The maximum absolute atomic E-state index is 12.5. The summed E-state index contributed by atoms with van der Waals surface area (Å²) in [6, 6.07) is 17.3. The molecule has 0 saturated carbocycles. The molecule has 1 aromatic heterocycles. The van der Waals surface area contributed by atoms with E-state index >= 15 is 0 Å². The van der Waals surface area contributed by atoms with E-state index in [0.717, 1.165) is 10.5 Å². The van der Waals surface area contributed by atoms with Crippen LogP contribution in [0.3, 0.4) is 0 Å². The smallest absolute Gasteiger partial charge is 0.284 e. The third kappa shape index (κ3) is 3.48. The van der Waals surface area contributed by atoms with Crippen LogP contribution in [0.1, 0.15) is 57.5 Å². The molecule has 2 heterocycles. The van der Waals surface area contributed by atoms with Gasteiger partial charge in [-0.25, -0.2) is 4.90 Å². The van der Waals surface area contributed by atoms with Crippen LogP contribution < -0.4 is 10.2 Å². The molecule has 0 fully saturated rings. The summed E-state index contributed by atoms with van der Waals surface area (Å²) in [4.78, 5) is 42.7. The zero-order valence-corrected chi connectivity index (χ0v) is 17.0. The first kappa shape index (κ1) is 19.5. The van der Waals surface area contributed by atoms with Crippen LogP contribution in [0.2, 0.25) is 0 Å². The Morgan fingerprint density at radius 2 is 1.57 bits per heavy atom. The Hall–Kier alpha value is -3.80. The highest BCUT2D eigenvalue weighted by Crippen LogP contribution is 2.28. The number of nitrogens with one attached hydrogen (secondary N) is 1. The van der Waals surface area contributed by atoms with Gasteiger partial charge in [0.2, 0.25) is 0 Å². The van der Waals surface area contributed by atoms with Crippen LogP contribution in [0, 0.1) is 0 Å². The molecule has 150 valence electrons. The first-order valence-corrected chi connectivity index (χ1v) is 9.61. The van der Waals surface area contributed by atoms with Gasteiger partial charge in [-0.2, -0.15) is 0 Å². The topological polar surface area (TPSA) is 79.4 Å². The van der Waals surface area contributed by atoms with Gasteiger partial charge in [0.25, 0.3) is 17.7 Å². The maximum atomic E-state index is 12.5. The Labute approximate surface area is 174 Å². The third-order valence-electron chi connectivity index (χ3n) is 5.04. The van der Waals surface area contributed by atoms with Crippen LogP contribution in [0.5, 0.6) is 0 Å². The van der Waals surface area contributed by atoms with Crippen molar-refractivity contribution in [3.05, 3.63) is 89.2 Å². The van der Waals surface area contributed by atoms with Gasteiger partial charge in [0.1, 0.15) is 5.69 Å². The van der Waals surface area contributed by atoms with Crippen molar-refractivity contribution in [2.75, 3.05) is 10.2 Å². The molecule has 0 radical (unpaired) electrons. The van der Waals surface area contributed by atoms with Gasteiger partial charge in [-0.3, -0.25) is 19.4 Å². The molecular formula is C24H21N3O3. The van der Waals surface area contributed by atoms with Crippen LogP contribution in [-0.4, -0.2) is 22.7 Å². The number of fused-ring (bicyclic) bond motifs is 1. The van der Waals surface area contributed by atoms with Crippen LogP contribution >= 0.6 is 0 Å². The van der Waals surface area contributed by atoms with Crippen molar-refractivity contribution in [3.8, 4) is 0 Å². The molecule has 3 amide bonds. The van der Waals surface area contributed by atoms with Gasteiger partial charge in [0, 0.05) is 17.4 Å². The van der Waals surface area contributed by atoms with Gasteiger partial charge >= 0.3 is 0 Å². The van der Waals surface area contributed by atoms with E-state index in [4.69, 9.17) is 0 Å². The van der Waals surface area contributed by atoms with Crippen molar-refractivity contribution in [2.24, 2.45) is 0 Å². The molecule has 2 aromatic carbocycles. The van der Waals surface area contributed by atoms with E-state index in [1.54, 1.807) is 48.5 Å². The Morgan fingerprint density at radius 1 is 0.900 bits per heavy atom. The predicted octanol–water partition coefficient (Wildman–Crippen LogP) is 4.43. The van der Waals surface area contributed by atoms with Crippen molar-refractivity contribution in [2.45, 2.75) is 26.2 Å². The summed E-state index contributed by atoms with van der Waals surface area (Å²) < 4.78 is 0. The highest BCUT2D eigenvalue weighted by molar-refractivity contribution is 6.33. The lowest BCUT2D eigenvalue weighted by Gasteiger charge is -2.19. The zero-order chi connectivity index (χ0) is 21.5. The number of rotatable bonds is 3. The van der Waals surface area contributed by atoms with Crippen LogP contribution in [0.25, 0.3) is 0 Å². The second kappa shape index (κ2) is 7.22. The number of carbonyl (C=O) groups is 3. The summed E-state index contributed by atoms with van der Waals surface area (Å²) in [6.45, 7) is 6.36. The normalized spacial score (nSPS) is 13.4. The maximum Gasteiger partial charge on any atom is 0.284 e. The largest absolute Gasteiger partial charge is 0.322 e. The SMILES string of the molecule is CC(C)(C)c1ccc(C(=O)Nc2ccc(N3C(=O)c4cccnc4C3=O)cc2)cc1. The molecule has 1 aliphatic rings. The van der Waals surface area contributed by atoms with Crippen molar-refractivity contribution in [1.29, 1.82) is 0 Å². The molecular weight excluding hydrogens is 378 g/mol. The van der Waals surface area contributed by atoms with E-state index in [9.17, 15) is 14.4 Å². The summed E-state index contributed by atoms with van der Waals surface area (Å²) in [6.07, 6.45) is 1.49. The number of hydrogen-bond donors (Lipinski definition) is 1. The lowest BCUT2D eigenvalue weighted by atomic mass is 9.87. The molecule has 1 aliphatic heterocycles. The second-order valence-electron chi connectivity index (χ2n) is 8.17. The number of hydrogen-bond acceptors (Lipinski definition) is 4. The van der Waals surface area contributed by atoms with Gasteiger partial charge in [-0.05, 0) is 59.5 Å². The quantitative estimate of drug-likeness (QED) is 0.661. The van der Waals surface area contributed by atoms with Gasteiger partial charge in [0.15, 0.2) is 0 Å². The number of amides is 3. The highest BCUT2D eigenvalue weighted by Gasteiger charge is 2.37. The van der Waals surface area contributed by atoms with Crippen LogP contribution in [0.15, 0.2) is 66.9 Å². The van der Waals surface area contributed by atoms with Crippen molar-refractivity contribution in [1.82, 2.24) is 4.98 Å². The first-order chi connectivity index (χ1) is 14.3. The number of pyridine rings is 1. The van der Waals surface area contributed by atoms with Crippen LogP contribution in [0.4, 0.5) is 11.4 Å². The molecule has 6 nitrogen and oxygen atoms in total. The number of aromatic nitrogens is 1. The average molecular weight is 399 g/mol. The van der Waals surface area contributed by atoms with Gasteiger partial charge in [-0.1, -0.05) is 32.9 Å². The lowest BCUT2D eigenvalue weighted by Crippen LogP contribution is -2.29. The fourth-order valence-electron chi connectivity index (χ4n) is 3.32. The summed E-state index contributed by atoms with van der Waals surface area (Å²) >= 11 is 0. The summed E-state index contributed by atoms with van der Waals surface area (Å²) in [5.41, 5.74) is 3.16. The predicted molar refractivity (Wildman–Crippen MR) is 115 cm³/mol. The lowest BCUT2D eigenvalue weighted by molar-refractivity contribution is 0.0923. The van der Waals surface area contributed by atoms with Crippen molar-refractivity contribution < 1.29 is 14.4 Å². The van der Waals surface area contributed by atoms with E-state index < -0.39 is 11.8 Å². The molecule has 3 aromatic rings. The Bertz CT molecular complexity index is 1110. The molecule has 1 N–H and O–H groups in total. The van der Waals surface area contributed by atoms with E-state index in [0.29, 0.717) is 22.5 Å². The van der Waals surface area contributed by atoms with E-state index in [-0.39, 0.29) is 17.0 Å². The van der Waals surface area contributed by atoms with Gasteiger partial charge < -0.3 is 5.32 Å². The Morgan fingerprint density at radius 3 is 2.17 bits per heavy atom. The second-order valence-corrected chi connectivity index (χ2v) is 8.17. The van der Waals surface area contributed by atoms with Crippen molar-refractivity contribution in [3.63, 3.8) is 0 Å². The Kier molecular flexibility index (Phi) is 4.70. The van der Waals surface area contributed by atoms with Crippen molar-refractivity contribution >= 4 is 29.1 Å². The first-order valence-electron chi connectivity index (χ1n) is 9.61. The molecule has 0 bridgehead atoms. The van der Waals surface area contributed by atoms with Gasteiger partial charge in [0.05, 0.1) is 11.3 Å². The molecule has 0 atom stereocenters. The van der Waals surface area contributed by atoms with Crippen LogP contribution in [-0.2, 0) is 5.41 Å². The standard InChI is InChI=1S/C24H21N3O3/c1-24(2,3)16-8-6-15(7-9-16)21(28)26-17-10-12-18(13-11-17)27-22(29)19-5-4-14-25-20(19)23(27)30/h4-14H,1-3H3,(H,26,28). The minimum Gasteiger partial charge on any atom is -0.322 e. The molecule has 0 saturated heterocycles. The molecule has 0 unspecified atom stereocenters. The molecule has 0 aliphatic carbocycles. The number of imide groups is 1. The minimum atomic E-state index is -0.452. The molecule has 6 heteroatoms. The van der Waals surface area contributed by atoms with E-state index in [1.807, 2.05) is 12.1 Å². The number of nitrogens with zero attached hydrogens (tertiary/aromatic N) is 2. The minimum absolute atomic E-state index is 0.0183. The Balaban J connectivity index is 1.49. The average Bonchev–Trinajstić information content (AvgIpc) is 2.99. The van der Waals surface area contributed by atoms with Gasteiger partial charge in [-0.15, -0.1) is 0 Å². The number of anilines is 2. The highest BCUT2D eigenvalue weighted by atomic mass is 16.2. The number of benzene rings is 2. The zero-order valence-electron chi connectivity index (χ0n) is 17.0. The monoisotopic (exact) mass is 399 g/mol. The summed E-state index contributed by atoms with van der Waals surface area (Å²) in [5, 5.41) is 2.83. The molecule has 30 heavy (non-hydrogen) atoms. The molecule has 4 rings (SSSR count). The van der Waals surface area contributed by atoms with E-state index in [1.165, 1.54) is 6.20 Å². The third-order valence-corrected chi connectivity index (χ3v) is 5.04. The fourth-order valence-corrected chi connectivity index (χ4v) is 3.32. The molecule has 0 spiro atoms. The number of carbonyl (C=O) groups excluding carboxylic acids is 3. The fraction of sp³-hybridized carbons (Fsp3) is 0.167. The summed E-state index contributed by atoms with van der Waals surface area (Å²) in [5.74, 6) is -1.08.